The van der Waals surface area contributed by atoms with Gasteiger partial charge in [0.05, 0.1) is 23.0 Å². The van der Waals surface area contributed by atoms with E-state index in [1.54, 1.807) is 18.5 Å². The lowest BCUT2D eigenvalue weighted by Crippen LogP contribution is -2.28. The van der Waals surface area contributed by atoms with Crippen LogP contribution in [-0.2, 0) is 4.79 Å². The Morgan fingerprint density at radius 1 is 1.33 bits per heavy atom. The van der Waals surface area contributed by atoms with Gasteiger partial charge in [0.25, 0.3) is 0 Å². The zero-order valence-corrected chi connectivity index (χ0v) is 17.7. The highest BCUT2D eigenvalue weighted by Crippen LogP contribution is 2.32. The second-order valence-electron chi connectivity index (χ2n) is 9.16. The molecule has 154 valence electrons. The van der Waals surface area contributed by atoms with E-state index in [4.69, 9.17) is 4.98 Å². The summed E-state index contributed by atoms with van der Waals surface area (Å²) in [7, 11) is 0. The Labute approximate surface area is 175 Å². The summed E-state index contributed by atoms with van der Waals surface area (Å²) in [5.41, 5.74) is 3.52. The highest BCUT2D eigenvalue weighted by atomic mass is 16.1. The molecule has 1 aliphatic rings. The molecule has 0 radical (unpaired) electrons. The second kappa shape index (κ2) is 7.18. The van der Waals surface area contributed by atoms with E-state index in [9.17, 15) is 9.59 Å². The van der Waals surface area contributed by atoms with Crippen LogP contribution >= 0.6 is 0 Å². The molecule has 0 aliphatic carbocycles. The van der Waals surface area contributed by atoms with Gasteiger partial charge < -0.3 is 9.88 Å². The lowest BCUT2D eigenvalue weighted by molar-refractivity contribution is 0.0860. The summed E-state index contributed by atoms with van der Waals surface area (Å²) in [5, 5.41) is 0. The molecule has 0 spiro atoms. The van der Waals surface area contributed by atoms with Gasteiger partial charge in [-0.2, -0.15) is 4.99 Å². The van der Waals surface area contributed by atoms with Gasteiger partial charge in [-0.05, 0) is 25.5 Å². The number of carbonyl (C=O) groups excluding carboxylic acids is 2. The van der Waals surface area contributed by atoms with Crippen molar-refractivity contribution in [2.24, 2.45) is 10.4 Å². The van der Waals surface area contributed by atoms with Gasteiger partial charge >= 0.3 is 0 Å². The molecule has 4 rings (SSSR count). The number of aromatic nitrogens is 3. The minimum atomic E-state index is -0.501. The molecule has 0 saturated carbocycles. The van der Waals surface area contributed by atoms with Crippen LogP contribution in [0.25, 0.3) is 22.4 Å². The molecule has 30 heavy (non-hydrogen) atoms. The average molecular weight is 403 g/mol. The Balaban J connectivity index is 1.69. The van der Waals surface area contributed by atoms with Crippen molar-refractivity contribution >= 4 is 28.7 Å². The predicted molar refractivity (Wildman–Crippen MR) is 116 cm³/mol. The standard InChI is InChI=1S/C23H25N5O2/c1-22(2,3)20(30)17-11-24-21-19(17)27-18(12-25-21)15-6-5-7-16(10-15)28-9-8-23(4,13-28)26-14-29/h5-7,10-12H,8-9,13H2,1-4H3,(H,24,25). The first-order valence-corrected chi connectivity index (χ1v) is 10.0. The molecule has 7 heteroatoms. The summed E-state index contributed by atoms with van der Waals surface area (Å²) in [6.07, 6.45) is 5.91. The van der Waals surface area contributed by atoms with Crippen molar-refractivity contribution < 1.29 is 9.59 Å². The van der Waals surface area contributed by atoms with Gasteiger partial charge in [-0.3, -0.25) is 4.79 Å². The number of nitrogens with zero attached hydrogens (tertiary/aromatic N) is 4. The van der Waals surface area contributed by atoms with E-state index < -0.39 is 11.0 Å². The molecular weight excluding hydrogens is 378 g/mol. The molecule has 1 N–H and O–H groups in total. The Bertz CT molecular complexity index is 1170. The summed E-state index contributed by atoms with van der Waals surface area (Å²) in [6.45, 7) is 9.14. The van der Waals surface area contributed by atoms with Crippen molar-refractivity contribution in [2.75, 3.05) is 18.0 Å². The van der Waals surface area contributed by atoms with Crippen LogP contribution in [-0.4, -0.2) is 45.4 Å². The number of aliphatic imine (C=N–C) groups is 1. The number of fused-ring (bicyclic) bond motifs is 1. The molecule has 1 atom stereocenters. The van der Waals surface area contributed by atoms with Crippen LogP contribution in [0.4, 0.5) is 5.69 Å². The maximum Gasteiger partial charge on any atom is 0.235 e. The Kier molecular flexibility index (Phi) is 4.79. The number of anilines is 1. The summed E-state index contributed by atoms with van der Waals surface area (Å²) in [4.78, 5) is 42.0. The maximum absolute atomic E-state index is 12.8. The summed E-state index contributed by atoms with van der Waals surface area (Å²) >= 11 is 0. The molecule has 1 aliphatic heterocycles. The van der Waals surface area contributed by atoms with Crippen LogP contribution in [0.3, 0.4) is 0 Å². The van der Waals surface area contributed by atoms with E-state index in [0.717, 1.165) is 24.2 Å². The zero-order valence-electron chi connectivity index (χ0n) is 17.7. The lowest BCUT2D eigenvalue weighted by Gasteiger charge is -2.21. The molecule has 0 amide bonds. The van der Waals surface area contributed by atoms with Crippen molar-refractivity contribution in [2.45, 2.75) is 39.7 Å². The number of carbonyl (C=O) groups is 1. The molecular formula is C23H25N5O2. The second-order valence-corrected chi connectivity index (χ2v) is 9.16. The summed E-state index contributed by atoms with van der Waals surface area (Å²) in [5.74, 6) is 0.0287. The van der Waals surface area contributed by atoms with Crippen molar-refractivity contribution in [3.8, 4) is 11.3 Å². The Hall–Kier alpha value is -3.31. The molecule has 7 nitrogen and oxygen atoms in total. The summed E-state index contributed by atoms with van der Waals surface area (Å²) < 4.78 is 0. The largest absolute Gasteiger partial charge is 0.369 e. The Morgan fingerprint density at radius 2 is 2.13 bits per heavy atom. The minimum absolute atomic E-state index is 0.0287. The average Bonchev–Trinajstić information content (AvgIpc) is 3.30. The van der Waals surface area contributed by atoms with E-state index in [-0.39, 0.29) is 5.78 Å². The number of aromatic amines is 1. The van der Waals surface area contributed by atoms with Gasteiger partial charge in [-0.25, -0.2) is 14.8 Å². The van der Waals surface area contributed by atoms with Crippen molar-refractivity contribution in [3.05, 3.63) is 42.2 Å². The SMILES string of the molecule is CC1(N=C=O)CCN(c2cccc(-c3cnc4[nH]cc(C(=O)C(C)(C)C)c4n3)c2)C1. The normalized spacial score (nSPS) is 19.1. The van der Waals surface area contributed by atoms with Gasteiger partial charge in [0.2, 0.25) is 6.08 Å². The van der Waals surface area contributed by atoms with Gasteiger partial charge in [0.1, 0.15) is 5.52 Å². The van der Waals surface area contributed by atoms with Crippen LogP contribution in [0.5, 0.6) is 0 Å². The lowest BCUT2D eigenvalue weighted by atomic mass is 9.87. The van der Waals surface area contributed by atoms with E-state index in [1.807, 2.05) is 45.9 Å². The van der Waals surface area contributed by atoms with E-state index in [1.165, 1.54) is 0 Å². The van der Waals surface area contributed by atoms with Crippen LogP contribution in [0.2, 0.25) is 0 Å². The number of hydrogen-bond acceptors (Lipinski definition) is 6. The number of isocyanates is 1. The third kappa shape index (κ3) is 3.64. The highest BCUT2D eigenvalue weighted by Gasteiger charge is 2.34. The number of H-pyrrole nitrogens is 1. The predicted octanol–water partition coefficient (Wildman–Crippen LogP) is 4.16. The van der Waals surface area contributed by atoms with Crippen LogP contribution in [0, 0.1) is 5.41 Å². The van der Waals surface area contributed by atoms with Crippen molar-refractivity contribution in [3.63, 3.8) is 0 Å². The zero-order chi connectivity index (χ0) is 21.5. The fourth-order valence-corrected chi connectivity index (χ4v) is 3.84. The molecule has 2 aromatic heterocycles. The van der Waals surface area contributed by atoms with Crippen molar-refractivity contribution in [1.29, 1.82) is 0 Å². The monoisotopic (exact) mass is 403 g/mol. The first-order valence-electron chi connectivity index (χ1n) is 10.0. The first-order chi connectivity index (χ1) is 14.2. The third-order valence-electron chi connectivity index (χ3n) is 5.58. The minimum Gasteiger partial charge on any atom is -0.369 e. The maximum atomic E-state index is 12.8. The first kappa shape index (κ1) is 20.0. The Morgan fingerprint density at radius 3 is 2.87 bits per heavy atom. The topological polar surface area (TPSA) is 91.3 Å². The van der Waals surface area contributed by atoms with Gasteiger partial charge in [0.15, 0.2) is 11.4 Å². The van der Waals surface area contributed by atoms with E-state index >= 15 is 0 Å². The number of hydrogen-bond donors (Lipinski definition) is 1. The van der Waals surface area contributed by atoms with Crippen LogP contribution in [0.1, 0.15) is 44.5 Å². The van der Waals surface area contributed by atoms with Gasteiger partial charge in [-0.15, -0.1) is 0 Å². The number of benzene rings is 1. The fraction of sp³-hybridized carbons (Fsp3) is 0.391. The molecule has 3 heterocycles. The highest BCUT2D eigenvalue weighted by molar-refractivity contribution is 6.08. The number of rotatable bonds is 4. The number of ketones is 1. The van der Waals surface area contributed by atoms with Gasteiger partial charge in [0, 0.05) is 36.0 Å². The molecule has 3 aromatic rings. The number of Topliss-reactive ketones (excluding diaryl/α,β-unsaturated/α-hetero) is 1. The number of nitrogens with one attached hydrogen (secondary N) is 1. The van der Waals surface area contributed by atoms with Crippen molar-refractivity contribution in [1.82, 2.24) is 15.0 Å². The molecule has 1 aromatic carbocycles. The fourth-order valence-electron chi connectivity index (χ4n) is 3.84. The smallest absolute Gasteiger partial charge is 0.235 e. The molecule has 1 unspecified atom stereocenters. The molecule has 1 saturated heterocycles. The van der Waals surface area contributed by atoms with Crippen LogP contribution < -0.4 is 4.90 Å². The van der Waals surface area contributed by atoms with E-state index in [2.05, 4.69) is 25.9 Å². The third-order valence-corrected chi connectivity index (χ3v) is 5.58. The van der Waals surface area contributed by atoms with E-state index in [0.29, 0.717) is 29.0 Å². The van der Waals surface area contributed by atoms with Crippen LogP contribution in [0.15, 0.2) is 41.7 Å². The quantitative estimate of drug-likeness (QED) is 0.401. The molecule has 1 fully saturated rings. The summed E-state index contributed by atoms with van der Waals surface area (Å²) in [6, 6.07) is 8.06. The van der Waals surface area contributed by atoms with Gasteiger partial charge in [-0.1, -0.05) is 32.9 Å². The molecule has 0 bridgehead atoms.